The number of nitrogen functional groups attached to an aromatic ring is 1. The van der Waals surface area contributed by atoms with E-state index in [0.717, 1.165) is 25.7 Å². The molecule has 2 heterocycles. The van der Waals surface area contributed by atoms with Crippen LogP contribution in [-0.2, 0) is 39.4 Å². The molecule has 0 saturated heterocycles. The first kappa shape index (κ1) is 30.9. The zero-order chi connectivity index (χ0) is 28.8. The Morgan fingerprint density at radius 1 is 1.18 bits per heavy atom. The van der Waals surface area contributed by atoms with Crippen LogP contribution >= 0.6 is 7.52 Å². The molecule has 2 aromatic heterocycles. The number of hydrogen-bond acceptors (Lipinski definition) is 11. The normalized spacial score (nSPS) is 17.7. The molecule has 1 aliphatic carbocycles. The van der Waals surface area contributed by atoms with Crippen LogP contribution in [0.25, 0.3) is 11.2 Å². The molecular weight excluding hydrogens is 527 g/mol. The summed E-state index contributed by atoms with van der Waals surface area (Å²) in [5, 5.41) is 2.79. The Morgan fingerprint density at radius 2 is 1.87 bits per heavy atom. The highest BCUT2D eigenvalue weighted by Gasteiger charge is 2.41. The predicted octanol–water partition coefficient (Wildman–Crippen LogP) is 3.42. The maximum atomic E-state index is 14.1. The number of anilines is 1. The summed E-state index contributed by atoms with van der Waals surface area (Å²) < 4.78 is 38.4. The molecule has 0 aliphatic heterocycles. The molecule has 0 radical (unpaired) electrons. The van der Waals surface area contributed by atoms with Crippen LogP contribution in [-0.4, -0.2) is 68.3 Å². The van der Waals surface area contributed by atoms with E-state index in [-0.39, 0.29) is 24.4 Å². The summed E-state index contributed by atoms with van der Waals surface area (Å²) in [5.74, 6) is -0.822. The van der Waals surface area contributed by atoms with Gasteiger partial charge in [0, 0.05) is 0 Å². The van der Waals surface area contributed by atoms with E-state index in [1.807, 2.05) is 13.8 Å². The molecule has 0 amide bonds. The third kappa shape index (κ3) is 8.69. The van der Waals surface area contributed by atoms with E-state index in [2.05, 4.69) is 20.0 Å². The summed E-state index contributed by atoms with van der Waals surface area (Å²) in [6.07, 6.45) is 4.28. The molecule has 1 fully saturated rings. The van der Waals surface area contributed by atoms with Gasteiger partial charge >= 0.3 is 11.9 Å². The van der Waals surface area contributed by atoms with Crippen molar-refractivity contribution >= 4 is 36.4 Å². The molecule has 0 unspecified atom stereocenters. The maximum absolute atomic E-state index is 14.1. The van der Waals surface area contributed by atoms with Crippen molar-refractivity contribution < 1.29 is 32.9 Å². The minimum absolute atomic E-state index is 0.127. The van der Waals surface area contributed by atoms with Crippen molar-refractivity contribution in [3.63, 3.8) is 0 Å². The third-order valence-electron chi connectivity index (χ3n) is 6.17. The first-order valence-corrected chi connectivity index (χ1v) is 15.1. The molecule has 2 aromatic rings. The highest BCUT2D eigenvalue weighted by atomic mass is 31.2. The number of carbonyl (C=O) groups excluding carboxylic acids is 2. The Labute approximate surface area is 229 Å². The molecule has 39 heavy (non-hydrogen) atoms. The summed E-state index contributed by atoms with van der Waals surface area (Å²) >= 11 is 0. The van der Waals surface area contributed by atoms with Gasteiger partial charge in [0.25, 0.3) is 7.52 Å². The minimum Gasteiger partial charge on any atom is -0.464 e. The standard InChI is InChI=1S/C25H41N6O7P/c1-16(2)12-35-24(33)25(5,6)30-39(34,38-18(4)23(32)37-19-9-7-8-10-19)15-36-17(3)11-31-14-29-20-21(26)27-13-28-22(20)31/h13-14,16-19H,7-12,15H2,1-6H3,(H,30,34)(H2,26,27,28)/t17-,18+,39+/m1/s1. The van der Waals surface area contributed by atoms with Crippen LogP contribution in [0.1, 0.15) is 67.2 Å². The van der Waals surface area contributed by atoms with Crippen LogP contribution in [0, 0.1) is 5.92 Å². The SMILES string of the molecule is CC(C)COC(=O)C(C)(C)N[P@](=O)(CO[C@H](C)Cn1cnc2c(N)ncnc21)O[C@@H](C)C(=O)OC1CCCC1. The molecule has 0 aromatic carbocycles. The van der Waals surface area contributed by atoms with Gasteiger partial charge < -0.3 is 29.0 Å². The smallest absolute Gasteiger partial charge is 0.335 e. The van der Waals surface area contributed by atoms with Crippen molar-refractivity contribution in [1.82, 2.24) is 24.6 Å². The lowest BCUT2D eigenvalue weighted by Gasteiger charge is -2.31. The van der Waals surface area contributed by atoms with Gasteiger partial charge in [-0.2, -0.15) is 0 Å². The van der Waals surface area contributed by atoms with Crippen molar-refractivity contribution in [2.24, 2.45) is 5.92 Å². The third-order valence-corrected chi connectivity index (χ3v) is 8.21. The Bertz CT molecular complexity index is 1180. The lowest BCUT2D eigenvalue weighted by molar-refractivity contribution is -0.156. The van der Waals surface area contributed by atoms with Crippen molar-refractivity contribution in [3.8, 4) is 0 Å². The molecule has 3 atom stereocenters. The van der Waals surface area contributed by atoms with Crippen LogP contribution in [0.15, 0.2) is 12.7 Å². The Kier molecular flexibility index (Phi) is 10.4. The van der Waals surface area contributed by atoms with Gasteiger partial charge in [-0.15, -0.1) is 0 Å². The molecule has 14 heteroatoms. The fourth-order valence-corrected chi connectivity index (χ4v) is 6.30. The first-order chi connectivity index (χ1) is 18.3. The van der Waals surface area contributed by atoms with Gasteiger partial charge in [0.1, 0.15) is 29.8 Å². The number of nitrogens with one attached hydrogen (secondary N) is 1. The number of nitrogens with zero attached hydrogens (tertiary/aromatic N) is 4. The zero-order valence-electron chi connectivity index (χ0n) is 23.6. The van der Waals surface area contributed by atoms with E-state index in [4.69, 9.17) is 24.5 Å². The minimum atomic E-state index is -3.94. The quantitative estimate of drug-likeness (QED) is 0.252. The summed E-state index contributed by atoms with van der Waals surface area (Å²) in [5.41, 5.74) is 5.48. The summed E-state index contributed by atoms with van der Waals surface area (Å²) in [6, 6.07) is 0. The number of carbonyl (C=O) groups is 2. The van der Waals surface area contributed by atoms with Crippen LogP contribution in [0.2, 0.25) is 0 Å². The van der Waals surface area contributed by atoms with Gasteiger partial charge in [-0.3, -0.25) is 9.36 Å². The molecule has 13 nitrogen and oxygen atoms in total. The number of hydrogen-bond donors (Lipinski definition) is 2. The number of nitrogens with two attached hydrogens (primary N) is 1. The molecule has 0 bridgehead atoms. The molecule has 3 N–H and O–H groups in total. The van der Waals surface area contributed by atoms with Crippen molar-refractivity contribution in [2.45, 2.75) is 97.6 Å². The predicted molar refractivity (Wildman–Crippen MR) is 145 cm³/mol. The Hall–Kier alpha value is -2.60. The first-order valence-electron chi connectivity index (χ1n) is 13.3. The van der Waals surface area contributed by atoms with E-state index < -0.39 is 43.6 Å². The van der Waals surface area contributed by atoms with Crippen LogP contribution in [0.5, 0.6) is 0 Å². The average Bonchev–Trinajstić information content (AvgIpc) is 3.51. The van der Waals surface area contributed by atoms with E-state index >= 15 is 0 Å². The largest absolute Gasteiger partial charge is 0.464 e. The van der Waals surface area contributed by atoms with E-state index in [0.29, 0.717) is 17.7 Å². The molecule has 1 aliphatic rings. The van der Waals surface area contributed by atoms with Crippen molar-refractivity contribution in [2.75, 3.05) is 18.7 Å². The summed E-state index contributed by atoms with van der Waals surface area (Å²) in [4.78, 5) is 37.9. The monoisotopic (exact) mass is 568 g/mol. The number of imidazole rings is 1. The molecule has 218 valence electrons. The Balaban J connectivity index is 1.71. The summed E-state index contributed by atoms with van der Waals surface area (Å²) in [7, 11) is -3.94. The Morgan fingerprint density at radius 3 is 2.54 bits per heavy atom. The van der Waals surface area contributed by atoms with Gasteiger partial charge in [0.2, 0.25) is 0 Å². The molecular formula is C25H41N6O7P. The van der Waals surface area contributed by atoms with Crippen LogP contribution in [0.3, 0.4) is 0 Å². The zero-order valence-corrected chi connectivity index (χ0v) is 24.5. The van der Waals surface area contributed by atoms with Gasteiger partial charge in [0.05, 0.1) is 25.6 Å². The lowest BCUT2D eigenvalue weighted by Crippen LogP contribution is -2.47. The number of ether oxygens (including phenoxy) is 3. The summed E-state index contributed by atoms with van der Waals surface area (Å²) in [6.45, 7) is 10.7. The van der Waals surface area contributed by atoms with Gasteiger partial charge in [0.15, 0.2) is 17.6 Å². The highest BCUT2D eigenvalue weighted by Crippen LogP contribution is 2.46. The fraction of sp³-hybridized carbons (Fsp3) is 0.720. The maximum Gasteiger partial charge on any atom is 0.335 e. The number of esters is 2. The number of aromatic nitrogens is 4. The number of fused-ring (bicyclic) bond motifs is 1. The van der Waals surface area contributed by atoms with Crippen molar-refractivity contribution in [3.05, 3.63) is 12.7 Å². The molecule has 3 rings (SSSR count). The van der Waals surface area contributed by atoms with Gasteiger partial charge in [-0.05, 0) is 59.3 Å². The topological polar surface area (TPSA) is 170 Å². The number of rotatable bonds is 14. The average molecular weight is 569 g/mol. The van der Waals surface area contributed by atoms with Crippen LogP contribution < -0.4 is 10.8 Å². The van der Waals surface area contributed by atoms with Crippen LogP contribution in [0.4, 0.5) is 5.82 Å². The molecule has 1 saturated carbocycles. The second kappa shape index (κ2) is 13.2. The second-order valence-electron chi connectivity index (χ2n) is 10.9. The van der Waals surface area contributed by atoms with Gasteiger partial charge in [-0.1, -0.05) is 13.8 Å². The molecule has 0 spiro atoms. The van der Waals surface area contributed by atoms with Crippen molar-refractivity contribution in [1.29, 1.82) is 0 Å². The van der Waals surface area contributed by atoms with E-state index in [1.165, 1.54) is 13.3 Å². The van der Waals surface area contributed by atoms with E-state index in [9.17, 15) is 14.2 Å². The highest BCUT2D eigenvalue weighted by molar-refractivity contribution is 7.56. The lowest BCUT2D eigenvalue weighted by atomic mass is 10.1. The fourth-order valence-electron chi connectivity index (χ4n) is 4.14. The van der Waals surface area contributed by atoms with Gasteiger partial charge in [-0.25, -0.2) is 24.8 Å². The second-order valence-corrected chi connectivity index (χ2v) is 13.0. The van der Waals surface area contributed by atoms with E-state index in [1.54, 1.807) is 31.7 Å².